The Morgan fingerprint density at radius 3 is 1.93 bits per heavy atom. The van der Waals surface area contributed by atoms with Crippen LogP contribution in [0.3, 0.4) is 0 Å². The van der Waals surface area contributed by atoms with E-state index in [0.29, 0.717) is 37.7 Å². The highest BCUT2D eigenvalue weighted by Gasteiger charge is 2.09. The Kier molecular flexibility index (Phi) is 7.52. The van der Waals surface area contributed by atoms with E-state index >= 15 is 0 Å². The van der Waals surface area contributed by atoms with E-state index in [-0.39, 0.29) is 0 Å². The van der Waals surface area contributed by atoms with Gasteiger partial charge in [-0.15, -0.1) is 0 Å². The fourth-order valence-corrected chi connectivity index (χ4v) is 2.79. The van der Waals surface area contributed by atoms with Crippen LogP contribution in [0.25, 0.3) is 0 Å². The number of benzene rings is 3. The quantitative estimate of drug-likeness (QED) is 0.572. The van der Waals surface area contributed by atoms with Gasteiger partial charge in [0.1, 0.15) is 13.2 Å². The largest absolute Gasteiger partial charge is 0.485 e. The third kappa shape index (κ3) is 6.57. The van der Waals surface area contributed by atoms with Crippen LogP contribution in [0.4, 0.5) is 4.79 Å². The first kappa shape index (κ1) is 20.3. The molecule has 0 bridgehead atoms. The minimum absolute atomic E-state index is 0.437. The first-order chi connectivity index (χ1) is 14.2. The van der Waals surface area contributed by atoms with Gasteiger partial charge in [0.2, 0.25) is 0 Å². The minimum atomic E-state index is -0.437. The molecule has 3 aromatic rings. The second kappa shape index (κ2) is 10.8. The smallest absolute Gasteiger partial charge is 0.406 e. The van der Waals surface area contributed by atoms with Crippen LogP contribution in [0.2, 0.25) is 0 Å². The molecule has 1 amide bonds. The number of nitrogens with one attached hydrogen (secondary N) is 1. The van der Waals surface area contributed by atoms with Crippen LogP contribution < -0.4 is 14.8 Å². The molecule has 0 spiro atoms. The van der Waals surface area contributed by atoms with E-state index in [4.69, 9.17) is 9.47 Å². The summed E-state index contributed by atoms with van der Waals surface area (Å²) in [6.07, 6.45) is 0.226. The van der Waals surface area contributed by atoms with E-state index in [0.717, 1.165) is 16.7 Å². The number of alkyl carbamates (subject to hydrolysis) is 1. The monoisotopic (exact) mass is 391 g/mol. The fourth-order valence-electron chi connectivity index (χ4n) is 2.79. The molecule has 29 heavy (non-hydrogen) atoms. The van der Waals surface area contributed by atoms with E-state index in [1.54, 1.807) is 0 Å². The number of methoxy groups -OCH3 is 1. The minimum Gasteiger partial charge on any atom is -0.485 e. The summed E-state index contributed by atoms with van der Waals surface area (Å²) in [5, 5.41) is 2.69. The zero-order valence-corrected chi connectivity index (χ0v) is 16.5. The predicted molar refractivity (Wildman–Crippen MR) is 112 cm³/mol. The number of carbonyl (C=O) groups excluding carboxylic acids is 1. The summed E-state index contributed by atoms with van der Waals surface area (Å²) in [5.41, 5.74) is 3.21. The lowest BCUT2D eigenvalue weighted by Crippen LogP contribution is -2.25. The number of amides is 1. The van der Waals surface area contributed by atoms with Gasteiger partial charge in [0.05, 0.1) is 7.11 Å². The first-order valence-electron chi connectivity index (χ1n) is 9.53. The molecule has 150 valence electrons. The lowest BCUT2D eigenvalue weighted by atomic mass is 10.1. The van der Waals surface area contributed by atoms with Crippen molar-refractivity contribution in [3.05, 3.63) is 95.6 Å². The first-order valence-corrected chi connectivity index (χ1v) is 9.53. The molecule has 5 nitrogen and oxygen atoms in total. The van der Waals surface area contributed by atoms with Gasteiger partial charge in [-0.2, -0.15) is 0 Å². The van der Waals surface area contributed by atoms with Crippen molar-refractivity contribution >= 4 is 6.09 Å². The molecule has 0 saturated carbocycles. The fraction of sp³-hybridized carbons (Fsp3) is 0.208. The number of hydrogen-bond acceptors (Lipinski definition) is 4. The van der Waals surface area contributed by atoms with Crippen LogP contribution in [0.5, 0.6) is 11.5 Å². The molecule has 0 aliphatic heterocycles. The summed E-state index contributed by atoms with van der Waals surface area (Å²) in [7, 11) is 1.35. The van der Waals surface area contributed by atoms with Crippen LogP contribution in [0.1, 0.15) is 16.7 Å². The van der Waals surface area contributed by atoms with E-state index in [2.05, 4.69) is 10.1 Å². The maximum Gasteiger partial charge on any atom is 0.406 e. The summed E-state index contributed by atoms with van der Waals surface area (Å²) in [6.45, 7) is 1.40. The van der Waals surface area contributed by atoms with Crippen molar-refractivity contribution in [2.45, 2.75) is 19.6 Å². The number of carbonyl (C=O) groups is 1. The van der Waals surface area contributed by atoms with Crippen LogP contribution >= 0.6 is 0 Å². The average Bonchev–Trinajstić information content (AvgIpc) is 2.78. The van der Waals surface area contributed by atoms with E-state index in [1.165, 1.54) is 7.11 Å². The van der Waals surface area contributed by atoms with Crippen LogP contribution in [-0.4, -0.2) is 19.7 Å². The summed E-state index contributed by atoms with van der Waals surface area (Å²) in [6, 6.07) is 25.9. The Balaban J connectivity index is 1.69. The lowest BCUT2D eigenvalue weighted by Gasteiger charge is -2.15. The van der Waals surface area contributed by atoms with Gasteiger partial charge in [0.25, 0.3) is 0 Å². The van der Waals surface area contributed by atoms with Gasteiger partial charge in [-0.1, -0.05) is 66.7 Å². The highest BCUT2D eigenvalue weighted by molar-refractivity contribution is 5.66. The zero-order chi connectivity index (χ0) is 20.3. The van der Waals surface area contributed by atoms with E-state index in [9.17, 15) is 4.79 Å². The Hall–Kier alpha value is -3.47. The van der Waals surface area contributed by atoms with Crippen molar-refractivity contribution in [1.29, 1.82) is 0 Å². The number of rotatable bonds is 9. The SMILES string of the molecule is COC(=O)NCCc1ccc(OCc2ccccc2)c(OCc2ccccc2)c1. The van der Waals surface area contributed by atoms with Gasteiger partial charge in [0, 0.05) is 6.54 Å². The maximum absolute atomic E-state index is 11.2. The van der Waals surface area contributed by atoms with E-state index in [1.807, 2.05) is 78.9 Å². The molecule has 0 saturated heterocycles. The molecule has 0 aliphatic carbocycles. The molecule has 5 heteroatoms. The second-order valence-electron chi connectivity index (χ2n) is 6.50. The molecule has 0 radical (unpaired) electrons. The summed E-state index contributed by atoms with van der Waals surface area (Å²) < 4.78 is 16.7. The van der Waals surface area contributed by atoms with Crippen LogP contribution in [0.15, 0.2) is 78.9 Å². The highest BCUT2D eigenvalue weighted by Crippen LogP contribution is 2.30. The van der Waals surface area contributed by atoms with Crippen molar-refractivity contribution in [2.24, 2.45) is 0 Å². The van der Waals surface area contributed by atoms with Crippen molar-refractivity contribution in [1.82, 2.24) is 5.32 Å². The highest BCUT2D eigenvalue weighted by atomic mass is 16.5. The Labute approximate surface area is 171 Å². The Bertz CT molecular complexity index is 897. The van der Waals surface area contributed by atoms with E-state index < -0.39 is 6.09 Å². The van der Waals surface area contributed by atoms with Gasteiger partial charge in [-0.25, -0.2) is 4.79 Å². The molecule has 3 aromatic carbocycles. The average molecular weight is 391 g/mol. The van der Waals surface area contributed by atoms with Crippen molar-refractivity contribution in [3.8, 4) is 11.5 Å². The van der Waals surface area contributed by atoms with Crippen molar-refractivity contribution in [2.75, 3.05) is 13.7 Å². The standard InChI is InChI=1S/C24H25NO4/c1-27-24(26)25-15-14-19-12-13-22(28-17-20-8-4-2-5-9-20)23(16-19)29-18-21-10-6-3-7-11-21/h2-13,16H,14-15,17-18H2,1H3,(H,25,26). The summed E-state index contributed by atoms with van der Waals surface area (Å²) in [4.78, 5) is 11.2. The summed E-state index contributed by atoms with van der Waals surface area (Å²) in [5.74, 6) is 1.37. The van der Waals surface area contributed by atoms with Crippen LogP contribution in [-0.2, 0) is 24.4 Å². The third-order valence-electron chi connectivity index (χ3n) is 4.35. The number of ether oxygens (including phenoxy) is 3. The molecular weight excluding hydrogens is 366 g/mol. The maximum atomic E-state index is 11.2. The molecule has 0 heterocycles. The topological polar surface area (TPSA) is 56.8 Å². The normalized spacial score (nSPS) is 10.2. The second-order valence-corrected chi connectivity index (χ2v) is 6.50. The molecule has 0 unspecified atom stereocenters. The Morgan fingerprint density at radius 2 is 1.34 bits per heavy atom. The van der Waals surface area contributed by atoms with Gasteiger partial charge in [-0.05, 0) is 35.2 Å². The van der Waals surface area contributed by atoms with Gasteiger partial charge >= 0.3 is 6.09 Å². The molecule has 0 aromatic heterocycles. The molecule has 0 aliphatic rings. The Morgan fingerprint density at radius 1 is 0.759 bits per heavy atom. The van der Waals surface area contributed by atoms with Gasteiger partial charge in [-0.3, -0.25) is 0 Å². The zero-order valence-electron chi connectivity index (χ0n) is 16.5. The van der Waals surface area contributed by atoms with Crippen LogP contribution in [0, 0.1) is 0 Å². The van der Waals surface area contributed by atoms with Crippen molar-refractivity contribution in [3.63, 3.8) is 0 Å². The molecule has 1 N–H and O–H groups in total. The number of hydrogen-bond donors (Lipinski definition) is 1. The van der Waals surface area contributed by atoms with Gasteiger partial charge in [0.15, 0.2) is 11.5 Å². The third-order valence-corrected chi connectivity index (χ3v) is 4.35. The molecular formula is C24H25NO4. The molecule has 0 atom stereocenters. The lowest BCUT2D eigenvalue weighted by molar-refractivity contribution is 0.171. The molecule has 0 fully saturated rings. The van der Waals surface area contributed by atoms with Gasteiger partial charge < -0.3 is 19.5 Å². The van der Waals surface area contributed by atoms with Crippen molar-refractivity contribution < 1.29 is 19.0 Å². The predicted octanol–water partition coefficient (Wildman–Crippen LogP) is 4.74. The summed E-state index contributed by atoms with van der Waals surface area (Å²) >= 11 is 0. The molecule has 3 rings (SSSR count).